The van der Waals surface area contributed by atoms with Gasteiger partial charge in [-0.3, -0.25) is 0 Å². The Balaban J connectivity index is 1.71. The highest BCUT2D eigenvalue weighted by molar-refractivity contribution is 5.93. The minimum absolute atomic E-state index is 0.667. The molecule has 0 saturated carbocycles. The number of nitrogens with zero attached hydrogens (tertiary/aromatic N) is 1. The molecule has 28 heavy (non-hydrogen) atoms. The number of benzene rings is 3. The Morgan fingerprint density at radius 3 is 2.36 bits per heavy atom. The summed E-state index contributed by atoms with van der Waals surface area (Å²) in [4.78, 5) is 4.84. The van der Waals surface area contributed by atoms with Gasteiger partial charge >= 0.3 is 0 Å². The highest BCUT2D eigenvalue weighted by Gasteiger charge is 2.09. The lowest BCUT2D eigenvalue weighted by atomic mass is 10.1. The Kier molecular flexibility index (Phi) is 5.11. The van der Waals surface area contributed by atoms with Gasteiger partial charge in [-0.15, -0.1) is 0 Å². The average molecular weight is 370 g/mol. The summed E-state index contributed by atoms with van der Waals surface area (Å²) < 4.78 is 10.7. The molecule has 0 spiro atoms. The van der Waals surface area contributed by atoms with Gasteiger partial charge in [0.1, 0.15) is 11.5 Å². The molecule has 0 amide bonds. The number of fused-ring (bicyclic) bond motifs is 1. The second-order valence-corrected chi connectivity index (χ2v) is 6.47. The predicted molar refractivity (Wildman–Crippen MR) is 114 cm³/mol. The largest absolute Gasteiger partial charge is 0.497 e. The third-order valence-electron chi connectivity index (χ3n) is 4.76. The Hall–Kier alpha value is -3.53. The van der Waals surface area contributed by atoms with Crippen LogP contribution in [0.4, 0.5) is 5.69 Å². The molecule has 140 valence electrons. The van der Waals surface area contributed by atoms with Gasteiger partial charge in [-0.05, 0) is 42.5 Å². The standard InChI is InChI=1S/C24H22N2O2/c1-27-19-13-11-17(12-14-19)22-15-23(20-8-4-5-9-21(20)26-22)25-16-18-7-3-6-10-24(18)28-2/h3-15H,16H2,1-2H3,(H,25,26). The van der Waals surface area contributed by atoms with Gasteiger partial charge in [0, 0.05) is 28.7 Å². The van der Waals surface area contributed by atoms with Crippen LogP contribution in [0.3, 0.4) is 0 Å². The number of hydrogen-bond donors (Lipinski definition) is 1. The first-order valence-electron chi connectivity index (χ1n) is 9.18. The summed E-state index contributed by atoms with van der Waals surface area (Å²) in [7, 11) is 3.37. The molecule has 4 nitrogen and oxygen atoms in total. The third-order valence-corrected chi connectivity index (χ3v) is 4.76. The fourth-order valence-electron chi connectivity index (χ4n) is 3.27. The van der Waals surface area contributed by atoms with Crippen molar-refractivity contribution in [3.05, 3.63) is 84.4 Å². The fraction of sp³-hybridized carbons (Fsp3) is 0.125. The van der Waals surface area contributed by atoms with Gasteiger partial charge < -0.3 is 14.8 Å². The Morgan fingerprint density at radius 2 is 1.57 bits per heavy atom. The summed E-state index contributed by atoms with van der Waals surface area (Å²) in [6.07, 6.45) is 0. The Bertz CT molecular complexity index is 1090. The van der Waals surface area contributed by atoms with E-state index in [2.05, 4.69) is 23.5 Å². The number of para-hydroxylation sites is 2. The topological polar surface area (TPSA) is 43.4 Å². The van der Waals surface area contributed by atoms with Crippen LogP contribution >= 0.6 is 0 Å². The van der Waals surface area contributed by atoms with E-state index in [9.17, 15) is 0 Å². The molecular weight excluding hydrogens is 348 g/mol. The molecule has 0 aliphatic carbocycles. The number of methoxy groups -OCH3 is 2. The third kappa shape index (κ3) is 3.62. The number of aromatic nitrogens is 1. The van der Waals surface area contributed by atoms with Crippen molar-refractivity contribution in [1.82, 2.24) is 4.98 Å². The molecule has 0 aliphatic rings. The van der Waals surface area contributed by atoms with E-state index in [4.69, 9.17) is 14.5 Å². The highest BCUT2D eigenvalue weighted by Crippen LogP contribution is 2.30. The van der Waals surface area contributed by atoms with Crippen molar-refractivity contribution in [1.29, 1.82) is 0 Å². The normalized spacial score (nSPS) is 10.6. The van der Waals surface area contributed by atoms with E-state index < -0.39 is 0 Å². The summed E-state index contributed by atoms with van der Waals surface area (Å²) in [5, 5.41) is 4.66. The molecule has 4 aromatic rings. The van der Waals surface area contributed by atoms with E-state index in [1.54, 1.807) is 14.2 Å². The van der Waals surface area contributed by atoms with Crippen LogP contribution in [0, 0.1) is 0 Å². The maximum absolute atomic E-state index is 5.47. The first-order valence-corrected chi connectivity index (χ1v) is 9.18. The van der Waals surface area contributed by atoms with Gasteiger partial charge in [0.15, 0.2) is 0 Å². The fourth-order valence-corrected chi connectivity index (χ4v) is 3.27. The minimum atomic E-state index is 0.667. The molecule has 0 radical (unpaired) electrons. The van der Waals surface area contributed by atoms with Gasteiger partial charge in [0.25, 0.3) is 0 Å². The van der Waals surface area contributed by atoms with Crippen molar-refractivity contribution >= 4 is 16.6 Å². The van der Waals surface area contributed by atoms with E-state index in [0.717, 1.165) is 44.9 Å². The lowest BCUT2D eigenvalue weighted by Gasteiger charge is -2.14. The van der Waals surface area contributed by atoms with Crippen molar-refractivity contribution in [2.24, 2.45) is 0 Å². The van der Waals surface area contributed by atoms with Gasteiger partial charge in [0.2, 0.25) is 0 Å². The predicted octanol–water partition coefficient (Wildman–Crippen LogP) is 5.53. The van der Waals surface area contributed by atoms with Crippen LogP contribution < -0.4 is 14.8 Å². The molecule has 0 atom stereocenters. The maximum atomic E-state index is 5.47. The van der Waals surface area contributed by atoms with Crippen LogP contribution in [0.25, 0.3) is 22.2 Å². The van der Waals surface area contributed by atoms with E-state index in [1.165, 1.54) is 0 Å². The molecular formula is C24H22N2O2. The van der Waals surface area contributed by atoms with Crippen molar-refractivity contribution in [3.63, 3.8) is 0 Å². The summed E-state index contributed by atoms with van der Waals surface area (Å²) in [6.45, 7) is 0.667. The number of nitrogens with one attached hydrogen (secondary N) is 1. The zero-order chi connectivity index (χ0) is 19.3. The first kappa shape index (κ1) is 17.9. The van der Waals surface area contributed by atoms with Gasteiger partial charge in [0.05, 0.1) is 25.4 Å². The molecule has 1 N–H and O–H groups in total. The molecule has 0 bridgehead atoms. The van der Waals surface area contributed by atoms with Crippen LogP contribution in [-0.2, 0) is 6.54 Å². The number of rotatable bonds is 6. The van der Waals surface area contributed by atoms with E-state index in [0.29, 0.717) is 6.54 Å². The smallest absolute Gasteiger partial charge is 0.123 e. The second kappa shape index (κ2) is 8.01. The first-order chi connectivity index (χ1) is 13.8. The Labute approximate surface area is 164 Å². The molecule has 0 fully saturated rings. The highest BCUT2D eigenvalue weighted by atomic mass is 16.5. The maximum Gasteiger partial charge on any atom is 0.123 e. The molecule has 1 heterocycles. The van der Waals surface area contributed by atoms with Crippen LogP contribution in [0.5, 0.6) is 11.5 Å². The minimum Gasteiger partial charge on any atom is -0.497 e. The van der Waals surface area contributed by atoms with E-state index >= 15 is 0 Å². The van der Waals surface area contributed by atoms with Crippen LogP contribution in [0.2, 0.25) is 0 Å². The van der Waals surface area contributed by atoms with Gasteiger partial charge in [-0.1, -0.05) is 36.4 Å². The Morgan fingerprint density at radius 1 is 0.821 bits per heavy atom. The molecule has 4 heteroatoms. The molecule has 0 unspecified atom stereocenters. The summed E-state index contributed by atoms with van der Waals surface area (Å²) in [5.41, 5.74) is 5.08. The van der Waals surface area contributed by atoms with Gasteiger partial charge in [-0.25, -0.2) is 4.98 Å². The zero-order valence-corrected chi connectivity index (χ0v) is 16.0. The summed E-state index contributed by atoms with van der Waals surface area (Å²) >= 11 is 0. The van der Waals surface area contributed by atoms with Crippen LogP contribution in [0.1, 0.15) is 5.56 Å². The van der Waals surface area contributed by atoms with Crippen LogP contribution in [-0.4, -0.2) is 19.2 Å². The van der Waals surface area contributed by atoms with E-state index in [-0.39, 0.29) is 0 Å². The lowest BCUT2D eigenvalue weighted by molar-refractivity contribution is 0.410. The van der Waals surface area contributed by atoms with Crippen molar-refractivity contribution < 1.29 is 9.47 Å². The van der Waals surface area contributed by atoms with Crippen molar-refractivity contribution in [3.8, 4) is 22.8 Å². The summed E-state index contributed by atoms with van der Waals surface area (Å²) in [6, 6.07) is 26.3. The number of hydrogen-bond acceptors (Lipinski definition) is 4. The zero-order valence-electron chi connectivity index (χ0n) is 16.0. The second-order valence-electron chi connectivity index (χ2n) is 6.47. The van der Waals surface area contributed by atoms with Crippen molar-refractivity contribution in [2.45, 2.75) is 6.54 Å². The monoisotopic (exact) mass is 370 g/mol. The van der Waals surface area contributed by atoms with Crippen LogP contribution in [0.15, 0.2) is 78.9 Å². The molecule has 1 aromatic heterocycles. The molecule has 0 saturated heterocycles. The molecule has 4 rings (SSSR count). The number of ether oxygens (including phenoxy) is 2. The molecule has 0 aliphatic heterocycles. The number of pyridine rings is 1. The number of anilines is 1. The average Bonchev–Trinajstić information content (AvgIpc) is 2.77. The van der Waals surface area contributed by atoms with Crippen molar-refractivity contribution in [2.75, 3.05) is 19.5 Å². The van der Waals surface area contributed by atoms with E-state index in [1.807, 2.05) is 60.7 Å². The van der Waals surface area contributed by atoms with Gasteiger partial charge in [-0.2, -0.15) is 0 Å². The molecule has 3 aromatic carbocycles. The quantitative estimate of drug-likeness (QED) is 0.484. The lowest BCUT2D eigenvalue weighted by Crippen LogP contribution is -2.03. The summed E-state index contributed by atoms with van der Waals surface area (Å²) in [5.74, 6) is 1.71. The SMILES string of the molecule is COc1ccc(-c2cc(NCc3ccccc3OC)c3ccccc3n2)cc1.